The van der Waals surface area contributed by atoms with Gasteiger partial charge in [-0.2, -0.15) is 13.2 Å². The molecule has 10 heteroatoms. The van der Waals surface area contributed by atoms with E-state index in [1.54, 1.807) is 12.1 Å². The summed E-state index contributed by atoms with van der Waals surface area (Å²) in [5.74, 6) is -1.58. The number of aryl methyl sites for hydroxylation is 1. The fourth-order valence-electron chi connectivity index (χ4n) is 3.94. The minimum Gasteiger partial charge on any atom is -0.323 e. The summed E-state index contributed by atoms with van der Waals surface area (Å²) in [7, 11) is 0. The molecule has 1 aliphatic carbocycles. The Balaban J connectivity index is 1.56. The topological polar surface area (TPSA) is 78.5 Å². The highest BCUT2D eigenvalue weighted by molar-refractivity contribution is 6.34. The molecular formula is C20H15ClF3N3O3. The Morgan fingerprint density at radius 1 is 1.17 bits per heavy atom. The molecule has 4 rings (SSSR count). The van der Waals surface area contributed by atoms with E-state index in [1.165, 1.54) is 6.07 Å². The molecule has 0 radical (unpaired) electrons. The second-order valence-electron chi connectivity index (χ2n) is 7.09. The zero-order chi connectivity index (χ0) is 21.7. The highest BCUT2D eigenvalue weighted by Crippen LogP contribution is 2.41. The summed E-state index contributed by atoms with van der Waals surface area (Å²) in [6.45, 7) is -0.739. The Labute approximate surface area is 174 Å². The standard InChI is InChI=1S/C20H15ClF3N3O3/c21-14-7-3-6-13(20(22,23)24)16(14)25-15(28)10-27-17(29)19(26-18(27)30)9-8-11-4-1-2-5-12(11)19/h1-7H,8-10H2,(H,25,28)(H,26,30)/t19-/m1/s1. The number of carbonyl (C=O) groups excluding carboxylic acids is 3. The zero-order valence-electron chi connectivity index (χ0n) is 15.3. The summed E-state index contributed by atoms with van der Waals surface area (Å²) in [6, 6.07) is 9.48. The van der Waals surface area contributed by atoms with Crippen LogP contribution in [0.25, 0.3) is 0 Å². The highest BCUT2D eigenvalue weighted by Gasteiger charge is 2.55. The van der Waals surface area contributed by atoms with Crippen LogP contribution in [0.2, 0.25) is 5.02 Å². The van der Waals surface area contributed by atoms with Gasteiger partial charge in [0.15, 0.2) is 0 Å². The average Bonchev–Trinajstić information content (AvgIpc) is 3.16. The second-order valence-corrected chi connectivity index (χ2v) is 7.50. The average molecular weight is 438 g/mol. The monoisotopic (exact) mass is 437 g/mol. The maximum atomic E-state index is 13.2. The summed E-state index contributed by atoms with van der Waals surface area (Å²) in [5.41, 5.74) is -1.42. The molecule has 4 amide bonds. The lowest BCUT2D eigenvalue weighted by molar-refractivity contribution is -0.137. The molecule has 0 aromatic heterocycles. The van der Waals surface area contributed by atoms with Gasteiger partial charge in [-0.25, -0.2) is 4.79 Å². The summed E-state index contributed by atoms with van der Waals surface area (Å²) in [4.78, 5) is 38.6. The van der Waals surface area contributed by atoms with Gasteiger partial charge in [0.25, 0.3) is 5.91 Å². The number of imide groups is 1. The first-order valence-corrected chi connectivity index (χ1v) is 9.39. The smallest absolute Gasteiger partial charge is 0.323 e. The van der Waals surface area contributed by atoms with Crippen LogP contribution in [0.15, 0.2) is 42.5 Å². The highest BCUT2D eigenvalue weighted by atomic mass is 35.5. The van der Waals surface area contributed by atoms with Crippen molar-refractivity contribution in [3.8, 4) is 0 Å². The molecule has 1 heterocycles. The number of nitrogens with zero attached hydrogens (tertiary/aromatic N) is 1. The van der Waals surface area contributed by atoms with Crippen LogP contribution in [0.4, 0.5) is 23.7 Å². The maximum absolute atomic E-state index is 13.2. The number of hydrogen-bond donors (Lipinski definition) is 2. The third-order valence-corrected chi connectivity index (χ3v) is 5.62. The molecule has 0 unspecified atom stereocenters. The van der Waals surface area contributed by atoms with E-state index in [-0.39, 0.29) is 5.02 Å². The van der Waals surface area contributed by atoms with Crippen LogP contribution in [-0.2, 0) is 27.7 Å². The number of anilines is 1. The van der Waals surface area contributed by atoms with Crippen LogP contribution >= 0.6 is 11.6 Å². The molecule has 30 heavy (non-hydrogen) atoms. The number of hydrogen-bond acceptors (Lipinski definition) is 3. The Kier molecular flexibility index (Phi) is 4.73. The number of nitrogens with one attached hydrogen (secondary N) is 2. The van der Waals surface area contributed by atoms with E-state index in [0.717, 1.165) is 17.7 Å². The van der Waals surface area contributed by atoms with Crippen molar-refractivity contribution in [1.29, 1.82) is 0 Å². The number of carbonyl (C=O) groups is 3. The molecule has 2 aliphatic rings. The van der Waals surface area contributed by atoms with E-state index in [2.05, 4.69) is 10.6 Å². The van der Waals surface area contributed by atoms with Gasteiger partial charge < -0.3 is 10.6 Å². The van der Waals surface area contributed by atoms with E-state index < -0.39 is 47.4 Å². The third kappa shape index (κ3) is 3.19. The van der Waals surface area contributed by atoms with Crippen molar-refractivity contribution in [3.63, 3.8) is 0 Å². The number of para-hydroxylation sites is 1. The molecule has 1 spiro atoms. The van der Waals surface area contributed by atoms with Gasteiger partial charge in [0.1, 0.15) is 12.1 Å². The minimum absolute atomic E-state index is 0.309. The van der Waals surface area contributed by atoms with Crippen molar-refractivity contribution < 1.29 is 27.6 Å². The van der Waals surface area contributed by atoms with Crippen LogP contribution in [0.3, 0.4) is 0 Å². The number of alkyl halides is 3. The third-order valence-electron chi connectivity index (χ3n) is 5.31. The normalized spacial score (nSPS) is 20.5. The number of urea groups is 1. The van der Waals surface area contributed by atoms with Gasteiger partial charge >= 0.3 is 12.2 Å². The molecule has 1 aliphatic heterocycles. The van der Waals surface area contributed by atoms with E-state index in [0.29, 0.717) is 23.3 Å². The Hall–Kier alpha value is -3.07. The first-order valence-electron chi connectivity index (χ1n) is 9.01. The number of halogens is 4. The lowest BCUT2D eigenvalue weighted by Gasteiger charge is -2.22. The van der Waals surface area contributed by atoms with Gasteiger partial charge in [0.05, 0.1) is 16.3 Å². The molecule has 1 fully saturated rings. The van der Waals surface area contributed by atoms with Crippen LogP contribution < -0.4 is 10.6 Å². The molecule has 2 aromatic carbocycles. The molecule has 0 bridgehead atoms. The maximum Gasteiger partial charge on any atom is 0.418 e. The van der Waals surface area contributed by atoms with Crippen molar-refractivity contribution >= 4 is 35.1 Å². The van der Waals surface area contributed by atoms with E-state index in [1.807, 2.05) is 12.1 Å². The fourth-order valence-corrected chi connectivity index (χ4v) is 4.16. The number of amides is 4. The molecule has 1 atom stereocenters. The van der Waals surface area contributed by atoms with Crippen molar-refractivity contribution in [2.75, 3.05) is 11.9 Å². The molecule has 156 valence electrons. The summed E-state index contributed by atoms with van der Waals surface area (Å²) in [6.07, 6.45) is -3.82. The summed E-state index contributed by atoms with van der Waals surface area (Å²) >= 11 is 5.83. The van der Waals surface area contributed by atoms with Gasteiger partial charge in [-0.05, 0) is 36.1 Å². The Bertz CT molecular complexity index is 1070. The number of benzene rings is 2. The minimum atomic E-state index is -4.74. The van der Waals surface area contributed by atoms with Crippen LogP contribution in [0, 0.1) is 0 Å². The SMILES string of the molecule is O=C(CN1C(=O)N[C@@]2(CCc3ccccc32)C1=O)Nc1c(Cl)cccc1C(F)(F)F. The lowest BCUT2D eigenvalue weighted by atomic mass is 9.92. The van der Waals surface area contributed by atoms with Crippen molar-refractivity contribution in [3.05, 3.63) is 64.2 Å². The molecule has 6 nitrogen and oxygen atoms in total. The van der Waals surface area contributed by atoms with E-state index in [4.69, 9.17) is 11.6 Å². The quantitative estimate of drug-likeness (QED) is 0.719. The first kappa shape index (κ1) is 20.2. The Morgan fingerprint density at radius 3 is 2.63 bits per heavy atom. The van der Waals surface area contributed by atoms with Gasteiger partial charge in [0, 0.05) is 0 Å². The summed E-state index contributed by atoms with van der Waals surface area (Å²) in [5, 5.41) is 4.43. The number of rotatable bonds is 3. The van der Waals surface area contributed by atoms with Crippen LogP contribution in [0.1, 0.15) is 23.1 Å². The fraction of sp³-hybridized carbons (Fsp3) is 0.250. The predicted molar refractivity (Wildman–Crippen MR) is 102 cm³/mol. The van der Waals surface area contributed by atoms with Crippen molar-refractivity contribution in [2.24, 2.45) is 0 Å². The molecule has 1 saturated heterocycles. The Morgan fingerprint density at radius 2 is 1.90 bits per heavy atom. The van der Waals surface area contributed by atoms with Crippen LogP contribution in [-0.4, -0.2) is 29.3 Å². The molecule has 0 saturated carbocycles. The van der Waals surface area contributed by atoms with Crippen molar-refractivity contribution in [2.45, 2.75) is 24.6 Å². The zero-order valence-corrected chi connectivity index (χ0v) is 16.1. The van der Waals surface area contributed by atoms with E-state index in [9.17, 15) is 27.6 Å². The predicted octanol–water partition coefficient (Wildman–Crippen LogP) is 3.69. The molecule has 2 N–H and O–H groups in total. The first-order chi connectivity index (χ1) is 14.1. The van der Waals surface area contributed by atoms with Crippen molar-refractivity contribution in [1.82, 2.24) is 10.2 Å². The van der Waals surface area contributed by atoms with Gasteiger partial charge in [-0.3, -0.25) is 14.5 Å². The molecule has 2 aromatic rings. The lowest BCUT2D eigenvalue weighted by Crippen LogP contribution is -2.43. The van der Waals surface area contributed by atoms with E-state index >= 15 is 0 Å². The number of fused-ring (bicyclic) bond motifs is 2. The molecular weight excluding hydrogens is 423 g/mol. The summed E-state index contributed by atoms with van der Waals surface area (Å²) < 4.78 is 39.6. The van der Waals surface area contributed by atoms with Crippen LogP contribution in [0.5, 0.6) is 0 Å². The van der Waals surface area contributed by atoms with Gasteiger partial charge in [-0.1, -0.05) is 41.9 Å². The largest absolute Gasteiger partial charge is 0.418 e. The second kappa shape index (κ2) is 7.02. The van der Waals surface area contributed by atoms with Gasteiger partial charge in [0.2, 0.25) is 5.91 Å². The van der Waals surface area contributed by atoms with Gasteiger partial charge in [-0.15, -0.1) is 0 Å².